The van der Waals surface area contributed by atoms with Gasteiger partial charge in [-0.2, -0.15) is 0 Å². The summed E-state index contributed by atoms with van der Waals surface area (Å²) in [6.45, 7) is 6.77. The molecule has 0 fully saturated rings. The van der Waals surface area contributed by atoms with Crippen LogP contribution in [0.4, 0.5) is 16.2 Å². The molecule has 0 aromatic carbocycles. The second kappa shape index (κ2) is 8.29. The van der Waals surface area contributed by atoms with Gasteiger partial charge in [0.15, 0.2) is 0 Å². The monoisotopic (exact) mass is 421 g/mol. The van der Waals surface area contributed by atoms with Crippen LogP contribution >= 0.6 is 0 Å². The van der Waals surface area contributed by atoms with Crippen LogP contribution in [0.1, 0.15) is 32.9 Å². The molecule has 8 heteroatoms. The van der Waals surface area contributed by atoms with E-state index in [9.17, 15) is 4.79 Å². The number of nitrogens with one attached hydrogen (secondary N) is 2. The SMILES string of the molecule is COc1ccc(Nc2ccnc3[nH]c(C4=CCN(C(=O)OC(C)(C)C)CC4)cc23)cn1. The van der Waals surface area contributed by atoms with E-state index in [1.165, 1.54) is 0 Å². The van der Waals surface area contributed by atoms with Crippen LogP contribution in [0.2, 0.25) is 0 Å². The highest BCUT2D eigenvalue weighted by molar-refractivity contribution is 5.94. The molecule has 4 heterocycles. The molecule has 1 aliphatic heterocycles. The van der Waals surface area contributed by atoms with Crippen LogP contribution in [0.25, 0.3) is 16.6 Å². The molecule has 0 atom stereocenters. The molecule has 0 saturated carbocycles. The van der Waals surface area contributed by atoms with Gasteiger partial charge in [0.2, 0.25) is 5.88 Å². The van der Waals surface area contributed by atoms with Gasteiger partial charge in [-0.3, -0.25) is 0 Å². The fourth-order valence-electron chi connectivity index (χ4n) is 3.45. The first-order valence-electron chi connectivity index (χ1n) is 10.2. The molecule has 0 bridgehead atoms. The first kappa shape index (κ1) is 20.7. The lowest BCUT2D eigenvalue weighted by atomic mass is 10.0. The van der Waals surface area contributed by atoms with Gasteiger partial charge < -0.3 is 24.7 Å². The van der Waals surface area contributed by atoms with Gasteiger partial charge in [-0.05, 0) is 51.0 Å². The normalized spacial score (nSPS) is 14.3. The third kappa shape index (κ3) is 4.79. The summed E-state index contributed by atoms with van der Waals surface area (Å²) in [5.74, 6) is 0.569. The van der Waals surface area contributed by atoms with E-state index in [1.807, 2.05) is 39.0 Å². The number of nitrogens with zero attached hydrogens (tertiary/aromatic N) is 3. The average Bonchev–Trinajstić information content (AvgIpc) is 3.19. The molecule has 8 nitrogen and oxygen atoms in total. The zero-order valence-corrected chi connectivity index (χ0v) is 18.2. The van der Waals surface area contributed by atoms with Crippen LogP contribution < -0.4 is 10.1 Å². The van der Waals surface area contributed by atoms with Crippen LogP contribution in [-0.4, -0.2) is 51.7 Å². The van der Waals surface area contributed by atoms with Crippen molar-refractivity contribution in [3.8, 4) is 5.88 Å². The van der Waals surface area contributed by atoms with Gasteiger partial charge in [-0.25, -0.2) is 14.8 Å². The maximum Gasteiger partial charge on any atom is 0.410 e. The Balaban J connectivity index is 1.52. The number of aromatic amines is 1. The van der Waals surface area contributed by atoms with Gasteiger partial charge in [-0.15, -0.1) is 0 Å². The summed E-state index contributed by atoms with van der Waals surface area (Å²) in [6, 6.07) is 7.76. The third-order valence-corrected chi connectivity index (χ3v) is 4.96. The van der Waals surface area contributed by atoms with Crippen molar-refractivity contribution in [1.82, 2.24) is 19.9 Å². The molecule has 31 heavy (non-hydrogen) atoms. The van der Waals surface area contributed by atoms with E-state index in [0.29, 0.717) is 19.0 Å². The molecule has 1 amide bonds. The van der Waals surface area contributed by atoms with Crippen LogP contribution in [0.5, 0.6) is 5.88 Å². The van der Waals surface area contributed by atoms with Crippen molar-refractivity contribution >= 4 is 34.1 Å². The zero-order valence-electron chi connectivity index (χ0n) is 18.2. The molecule has 0 saturated heterocycles. The Morgan fingerprint density at radius 1 is 1.23 bits per heavy atom. The molecule has 3 aromatic heterocycles. The Kier molecular flexibility index (Phi) is 5.54. The van der Waals surface area contributed by atoms with E-state index in [0.717, 1.165) is 40.1 Å². The molecule has 1 aliphatic rings. The Morgan fingerprint density at radius 3 is 2.71 bits per heavy atom. The standard InChI is InChI=1S/C23H27N5O3/c1-23(2,3)31-22(29)28-11-8-15(9-12-28)19-13-17-18(7-10-24-21(17)27-19)26-16-5-6-20(30-4)25-14-16/h5-8,10,13-14H,9,11-12H2,1-4H3,(H2,24,26,27). The molecule has 162 valence electrons. The van der Waals surface area contributed by atoms with E-state index < -0.39 is 5.60 Å². The molecule has 4 rings (SSSR count). The van der Waals surface area contributed by atoms with Crippen molar-refractivity contribution in [3.05, 3.63) is 48.4 Å². The summed E-state index contributed by atoms with van der Waals surface area (Å²) in [7, 11) is 1.59. The first-order chi connectivity index (χ1) is 14.8. The number of anilines is 2. The molecule has 2 N–H and O–H groups in total. The Morgan fingerprint density at radius 2 is 2.06 bits per heavy atom. The van der Waals surface area contributed by atoms with E-state index >= 15 is 0 Å². The van der Waals surface area contributed by atoms with Gasteiger partial charge >= 0.3 is 6.09 Å². The topological polar surface area (TPSA) is 92.4 Å². The van der Waals surface area contributed by atoms with Crippen LogP contribution in [-0.2, 0) is 4.74 Å². The minimum Gasteiger partial charge on any atom is -0.481 e. The van der Waals surface area contributed by atoms with E-state index in [4.69, 9.17) is 9.47 Å². The average molecular weight is 422 g/mol. The molecule has 0 radical (unpaired) electrons. The number of pyridine rings is 2. The molecular formula is C23H27N5O3. The van der Waals surface area contributed by atoms with E-state index in [-0.39, 0.29) is 6.09 Å². The number of rotatable bonds is 4. The maximum absolute atomic E-state index is 12.3. The fourth-order valence-corrected chi connectivity index (χ4v) is 3.45. The number of fused-ring (bicyclic) bond motifs is 1. The summed E-state index contributed by atoms with van der Waals surface area (Å²) in [5.41, 5.74) is 4.28. The van der Waals surface area contributed by atoms with Crippen molar-refractivity contribution in [3.63, 3.8) is 0 Å². The lowest BCUT2D eigenvalue weighted by molar-refractivity contribution is 0.0270. The predicted octanol–water partition coefficient (Wildman–Crippen LogP) is 4.73. The van der Waals surface area contributed by atoms with Crippen molar-refractivity contribution < 1.29 is 14.3 Å². The van der Waals surface area contributed by atoms with E-state index in [2.05, 4.69) is 32.4 Å². The van der Waals surface area contributed by atoms with Crippen LogP contribution in [0, 0.1) is 0 Å². The fraction of sp³-hybridized carbons (Fsp3) is 0.348. The summed E-state index contributed by atoms with van der Waals surface area (Å²) < 4.78 is 10.6. The Hall–Kier alpha value is -3.55. The third-order valence-electron chi connectivity index (χ3n) is 4.96. The van der Waals surface area contributed by atoms with Gasteiger partial charge in [0.1, 0.15) is 11.2 Å². The second-order valence-electron chi connectivity index (χ2n) is 8.42. The lowest BCUT2D eigenvalue weighted by Gasteiger charge is -2.29. The number of carbonyl (C=O) groups excluding carboxylic acids is 1. The zero-order chi connectivity index (χ0) is 22.0. The number of hydrogen-bond donors (Lipinski definition) is 2. The number of ether oxygens (including phenoxy) is 2. The minimum atomic E-state index is -0.493. The second-order valence-corrected chi connectivity index (χ2v) is 8.42. The van der Waals surface area contributed by atoms with Crippen LogP contribution in [0.15, 0.2) is 42.7 Å². The minimum absolute atomic E-state index is 0.277. The summed E-state index contributed by atoms with van der Waals surface area (Å²) in [6.07, 6.45) is 6.03. The number of methoxy groups -OCH3 is 1. The highest BCUT2D eigenvalue weighted by atomic mass is 16.6. The summed E-state index contributed by atoms with van der Waals surface area (Å²) in [5, 5.41) is 4.38. The number of amides is 1. The highest BCUT2D eigenvalue weighted by Crippen LogP contribution is 2.30. The predicted molar refractivity (Wildman–Crippen MR) is 121 cm³/mol. The number of H-pyrrole nitrogens is 1. The molecule has 3 aromatic rings. The molecule has 0 unspecified atom stereocenters. The lowest BCUT2D eigenvalue weighted by Crippen LogP contribution is -2.39. The number of hydrogen-bond acceptors (Lipinski definition) is 6. The van der Waals surface area contributed by atoms with E-state index in [1.54, 1.807) is 24.4 Å². The molecule has 0 aliphatic carbocycles. The number of carbonyl (C=O) groups is 1. The Bertz CT molecular complexity index is 1110. The van der Waals surface area contributed by atoms with Crippen molar-refractivity contribution in [2.45, 2.75) is 32.8 Å². The summed E-state index contributed by atoms with van der Waals surface area (Å²) in [4.78, 5) is 26.1. The first-order valence-corrected chi connectivity index (χ1v) is 10.2. The van der Waals surface area contributed by atoms with Crippen molar-refractivity contribution in [2.75, 3.05) is 25.5 Å². The van der Waals surface area contributed by atoms with Gasteiger partial charge in [-0.1, -0.05) is 6.08 Å². The molecule has 0 spiro atoms. The number of aromatic nitrogens is 3. The smallest absolute Gasteiger partial charge is 0.410 e. The Labute approximate surface area is 181 Å². The van der Waals surface area contributed by atoms with Crippen molar-refractivity contribution in [2.24, 2.45) is 0 Å². The summed E-state index contributed by atoms with van der Waals surface area (Å²) >= 11 is 0. The van der Waals surface area contributed by atoms with Gasteiger partial charge in [0.25, 0.3) is 0 Å². The highest BCUT2D eigenvalue weighted by Gasteiger charge is 2.24. The van der Waals surface area contributed by atoms with Gasteiger partial charge in [0, 0.05) is 36.4 Å². The molecular weight excluding hydrogens is 394 g/mol. The van der Waals surface area contributed by atoms with Crippen molar-refractivity contribution in [1.29, 1.82) is 0 Å². The van der Waals surface area contributed by atoms with Gasteiger partial charge in [0.05, 0.1) is 24.7 Å². The quantitative estimate of drug-likeness (QED) is 0.632. The maximum atomic E-state index is 12.3. The van der Waals surface area contributed by atoms with Crippen LogP contribution in [0.3, 0.4) is 0 Å². The largest absolute Gasteiger partial charge is 0.481 e.